The lowest BCUT2D eigenvalue weighted by Gasteiger charge is -2.05. The predicted molar refractivity (Wildman–Crippen MR) is 69.5 cm³/mol. The quantitative estimate of drug-likeness (QED) is 0.683. The first-order valence-electron chi connectivity index (χ1n) is 5.51. The van der Waals surface area contributed by atoms with Gasteiger partial charge in [0, 0.05) is 5.56 Å². The molecule has 3 rings (SSSR count). The Balaban J connectivity index is 2.29. The molecule has 2 N–H and O–H groups in total. The number of aromatic amines is 1. The third-order valence-electron chi connectivity index (χ3n) is 2.86. The molecule has 0 aliphatic heterocycles. The van der Waals surface area contributed by atoms with E-state index in [1.807, 2.05) is 12.1 Å². The first kappa shape index (κ1) is 10.5. The molecule has 2 aromatic carbocycles. The fourth-order valence-electron chi connectivity index (χ4n) is 1.95. The van der Waals surface area contributed by atoms with Crippen molar-refractivity contribution in [1.29, 1.82) is 0 Å². The Morgan fingerprint density at radius 3 is 2.78 bits per heavy atom. The van der Waals surface area contributed by atoms with E-state index in [1.54, 1.807) is 30.3 Å². The Morgan fingerprint density at radius 1 is 1.11 bits per heavy atom. The van der Waals surface area contributed by atoms with Gasteiger partial charge in [-0.25, -0.2) is 4.98 Å². The van der Waals surface area contributed by atoms with Crippen LogP contribution in [0.25, 0.3) is 22.0 Å². The van der Waals surface area contributed by atoms with E-state index in [9.17, 15) is 9.90 Å². The maximum Gasteiger partial charge on any atom is 0.258 e. The van der Waals surface area contributed by atoms with Crippen molar-refractivity contribution in [3.8, 4) is 16.9 Å². The Kier molecular flexibility index (Phi) is 2.34. The molecule has 0 unspecified atom stereocenters. The van der Waals surface area contributed by atoms with Crippen LogP contribution in [0.5, 0.6) is 5.75 Å². The standard InChI is InChI=1S/C14H10N2O2/c17-13-4-2-1-3-10(13)9-5-6-12-11(7-9)14(18)16-8-15-12/h1-8,17H,(H,15,16,18). The van der Waals surface area contributed by atoms with Crippen LogP contribution < -0.4 is 5.56 Å². The molecule has 0 bridgehead atoms. The fourth-order valence-corrected chi connectivity index (χ4v) is 1.95. The van der Waals surface area contributed by atoms with E-state index >= 15 is 0 Å². The molecule has 0 saturated heterocycles. The average Bonchev–Trinajstić information content (AvgIpc) is 2.40. The number of aromatic nitrogens is 2. The van der Waals surface area contributed by atoms with Crippen LogP contribution in [0.15, 0.2) is 53.6 Å². The number of nitrogens with zero attached hydrogens (tertiary/aromatic N) is 1. The fraction of sp³-hybridized carbons (Fsp3) is 0. The Hall–Kier alpha value is -2.62. The lowest BCUT2D eigenvalue weighted by Crippen LogP contribution is -2.05. The molecule has 1 heterocycles. The van der Waals surface area contributed by atoms with Crippen LogP contribution in [0, 0.1) is 0 Å². The summed E-state index contributed by atoms with van der Waals surface area (Å²) in [4.78, 5) is 18.3. The molecule has 1 aromatic heterocycles. The first-order chi connectivity index (χ1) is 8.75. The van der Waals surface area contributed by atoms with Crippen LogP contribution in [-0.2, 0) is 0 Å². The van der Waals surface area contributed by atoms with Crippen molar-refractivity contribution in [2.45, 2.75) is 0 Å². The van der Waals surface area contributed by atoms with E-state index in [0.29, 0.717) is 16.5 Å². The molecular weight excluding hydrogens is 228 g/mol. The van der Waals surface area contributed by atoms with Crippen molar-refractivity contribution in [2.75, 3.05) is 0 Å². The van der Waals surface area contributed by atoms with E-state index in [-0.39, 0.29) is 11.3 Å². The van der Waals surface area contributed by atoms with Crippen LogP contribution in [0.2, 0.25) is 0 Å². The average molecular weight is 238 g/mol. The smallest absolute Gasteiger partial charge is 0.258 e. The summed E-state index contributed by atoms with van der Waals surface area (Å²) in [6.45, 7) is 0. The number of H-pyrrole nitrogens is 1. The van der Waals surface area contributed by atoms with Gasteiger partial charge in [0.05, 0.1) is 17.2 Å². The largest absolute Gasteiger partial charge is 0.507 e. The minimum atomic E-state index is -0.183. The van der Waals surface area contributed by atoms with Crippen molar-refractivity contribution in [3.63, 3.8) is 0 Å². The van der Waals surface area contributed by atoms with Gasteiger partial charge in [-0.1, -0.05) is 24.3 Å². The van der Waals surface area contributed by atoms with Crippen molar-refractivity contribution >= 4 is 10.9 Å². The maximum atomic E-state index is 11.7. The molecule has 0 aliphatic carbocycles. The molecule has 0 aliphatic rings. The maximum absolute atomic E-state index is 11.7. The second-order valence-electron chi connectivity index (χ2n) is 3.98. The number of para-hydroxylation sites is 1. The Bertz CT molecular complexity index is 778. The highest BCUT2D eigenvalue weighted by Gasteiger charge is 2.06. The molecule has 18 heavy (non-hydrogen) atoms. The summed E-state index contributed by atoms with van der Waals surface area (Å²) in [7, 11) is 0. The van der Waals surface area contributed by atoms with Gasteiger partial charge in [-0.15, -0.1) is 0 Å². The third-order valence-corrected chi connectivity index (χ3v) is 2.86. The number of benzene rings is 2. The minimum absolute atomic E-state index is 0.183. The summed E-state index contributed by atoms with van der Waals surface area (Å²) in [5.74, 6) is 0.192. The molecular formula is C14H10N2O2. The Morgan fingerprint density at radius 2 is 1.94 bits per heavy atom. The summed E-state index contributed by atoms with van der Waals surface area (Å²) in [5.41, 5.74) is 1.94. The van der Waals surface area contributed by atoms with Crippen LogP contribution in [0.4, 0.5) is 0 Å². The number of hydrogen-bond acceptors (Lipinski definition) is 3. The van der Waals surface area contributed by atoms with Gasteiger partial charge in [0.2, 0.25) is 0 Å². The lowest BCUT2D eigenvalue weighted by atomic mass is 10.0. The molecule has 0 saturated carbocycles. The van der Waals surface area contributed by atoms with Crippen LogP contribution in [0.3, 0.4) is 0 Å². The van der Waals surface area contributed by atoms with Gasteiger partial charge >= 0.3 is 0 Å². The summed E-state index contributed by atoms with van der Waals surface area (Å²) in [5, 5.41) is 10.3. The summed E-state index contributed by atoms with van der Waals surface area (Å²) >= 11 is 0. The van der Waals surface area contributed by atoms with Crippen LogP contribution >= 0.6 is 0 Å². The van der Waals surface area contributed by atoms with E-state index in [4.69, 9.17) is 0 Å². The van der Waals surface area contributed by atoms with Crippen molar-refractivity contribution < 1.29 is 5.11 Å². The molecule has 4 nitrogen and oxygen atoms in total. The summed E-state index contributed by atoms with van der Waals surface area (Å²) < 4.78 is 0. The topological polar surface area (TPSA) is 66.0 Å². The van der Waals surface area contributed by atoms with Gasteiger partial charge in [-0.3, -0.25) is 4.79 Å². The second kappa shape index (κ2) is 4.00. The second-order valence-corrected chi connectivity index (χ2v) is 3.98. The van der Waals surface area contributed by atoms with Gasteiger partial charge in [-0.05, 0) is 23.8 Å². The molecule has 3 aromatic rings. The van der Waals surface area contributed by atoms with E-state index in [1.165, 1.54) is 6.33 Å². The summed E-state index contributed by atoms with van der Waals surface area (Å²) in [6.07, 6.45) is 1.38. The third kappa shape index (κ3) is 1.64. The highest BCUT2D eigenvalue weighted by molar-refractivity contribution is 5.84. The number of phenolic OH excluding ortho intramolecular Hbond substituents is 1. The highest BCUT2D eigenvalue weighted by atomic mass is 16.3. The van der Waals surface area contributed by atoms with Crippen LogP contribution in [0.1, 0.15) is 0 Å². The molecule has 0 fully saturated rings. The lowest BCUT2D eigenvalue weighted by molar-refractivity contribution is 0.477. The zero-order chi connectivity index (χ0) is 12.5. The van der Waals surface area contributed by atoms with Gasteiger partial charge in [0.25, 0.3) is 5.56 Å². The Labute approximate surface area is 103 Å². The van der Waals surface area contributed by atoms with Gasteiger partial charge in [-0.2, -0.15) is 0 Å². The number of fused-ring (bicyclic) bond motifs is 1. The van der Waals surface area contributed by atoms with E-state index in [0.717, 1.165) is 5.56 Å². The zero-order valence-electron chi connectivity index (χ0n) is 9.42. The summed E-state index contributed by atoms with van der Waals surface area (Å²) in [6, 6.07) is 12.4. The van der Waals surface area contributed by atoms with Crippen molar-refractivity contribution in [1.82, 2.24) is 9.97 Å². The van der Waals surface area contributed by atoms with E-state index in [2.05, 4.69) is 9.97 Å². The molecule has 4 heteroatoms. The molecule has 0 amide bonds. The number of phenols is 1. The number of rotatable bonds is 1. The molecule has 0 radical (unpaired) electrons. The zero-order valence-corrected chi connectivity index (χ0v) is 9.42. The first-order valence-corrected chi connectivity index (χ1v) is 5.51. The van der Waals surface area contributed by atoms with Crippen molar-refractivity contribution in [2.24, 2.45) is 0 Å². The molecule has 88 valence electrons. The van der Waals surface area contributed by atoms with Crippen molar-refractivity contribution in [3.05, 3.63) is 59.1 Å². The molecule has 0 atom stereocenters. The van der Waals surface area contributed by atoms with Gasteiger partial charge in [0.15, 0.2) is 0 Å². The van der Waals surface area contributed by atoms with Gasteiger partial charge < -0.3 is 10.1 Å². The molecule has 0 spiro atoms. The minimum Gasteiger partial charge on any atom is -0.507 e. The normalized spacial score (nSPS) is 10.7. The van der Waals surface area contributed by atoms with Crippen LogP contribution in [-0.4, -0.2) is 15.1 Å². The number of nitrogens with one attached hydrogen (secondary N) is 1. The monoisotopic (exact) mass is 238 g/mol. The highest BCUT2D eigenvalue weighted by Crippen LogP contribution is 2.29. The number of hydrogen-bond donors (Lipinski definition) is 2. The number of aromatic hydroxyl groups is 1. The predicted octanol–water partition coefficient (Wildman–Crippen LogP) is 2.30. The van der Waals surface area contributed by atoms with Gasteiger partial charge in [0.1, 0.15) is 5.75 Å². The SMILES string of the molecule is O=c1[nH]cnc2ccc(-c3ccccc3O)cc12. The van der Waals surface area contributed by atoms with E-state index < -0.39 is 0 Å².